The predicted molar refractivity (Wildman–Crippen MR) is 128 cm³/mol. The van der Waals surface area contributed by atoms with Gasteiger partial charge in [0, 0.05) is 11.6 Å². The van der Waals surface area contributed by atoms with Crippen LogP contribution in [-0.2, 0) is 11.2 Å². The Labute approximate surface area is 198 Å². The van der Waals surface area contributed by atoms with Crippen LogP contribution in [0.2, 0.25) is 0 Å². The maximum absolute atomic E-state index is 13.0. The summed E-state index contributed by atoms with van der Waals surface area (Å²) in [4.78, 5) is 35.8. The van der Waals surface area contributed by atoms with Crippen LogP contribution >= 0.6 is 0 Å². The molecule has 0 bridgehead atoms. The van der Waals surface area contributed by atoms with Crippen LogP contribution in [-0.4, -0.2) is 41.2 Å². The number of amides is 1. The average Bonchev–Trinajstić information content (AvgIpc) is 2.84. The molecule has 7 heteroatoms. The summed E-state index contributed by atoms with van der Waals surface area (Å²) in [5, 5.41) is 21.6. The van der Waals surface area contributed by atoms with E-state index in [-0.39, 0.29) is 23.3 Å². The van der Waals surface area contributed by atoms with Gasteiger partial charge in [0.15, 0.2) is 0 Å². The van der Waals surface area contributed by atoms with E-state index in [1.807, 2.05) is 54.6 Å². The molecule has 176 valence electrons. The van der Waals surface area contributed by atoms with Crippen LogP contribution in [0.15, 0.2) is 72.8 Å². The Morgan fingerprint density at radius 1 is 0.882 bits per heavy atom. The van der Waals surface area contributed by atoms with E-state index in [1.165, 1.54) is 25.3 Å². The number of ether oxygens (including phenoxy) is 1. The van der Waals surface area contributed by atoms with Crippen molar-refractivity contribution >= 4 is 17.8 Å². The molecule has 0 aromatic heterocycles. The summed E-state index contributed by atoms with van der Waals surface area (Å²) in [6.07, 6.45) is 0.644. The number of carbonyl (C=O) groups excluding carboxylic acids is 1. The minimum atomic E-state index is -1.18. The third-order valence-corrected chi connectivity index (χ3v) is 5.59. The number of carbonyl (C=O) groups is 3. The quantitative estimate of drug-likeness (QED) is 0.409. The molecule has 0 fully saturated rings. The number of methoxy groups -OCH3 is 1. The summed E-state index contributed by atoms with van der Waals surface area (Å²) in [6, 6.07) is 21.4. The number of hydrogen-bond donors (Lipinski definition) is 3. The molecular weight excluding hydrogens is 434 g/mol. The van der Waals surface area contributed by atoms with Crippen molar-refractivity contribution in [2.75, 3.05) is 7.11 Å². The van der Waals surface area contributed by atoms with E-state index < -0.39 is 29.8 Å². The van der Waals surface area contributed by atoms with Crippen molar-refractivity contribution in [2.24, 2.45) is 5.92 Å². The number of carboxylic acids is 2. The normalized spacial score (nSPS) is 12.4. The lowest BCUT2D eigenvalue weighted by Gasteiger charge is -2.21. The van der Waals surface area contributed by atoms with Gasteiger partial charge in [0.25, 0.3) is 5.91 Å². The highest BCUT2D eigenvalue weighted by atomic mass is 16.5. The standard InChI is InChI=1S/C27H27NO6/c1-17(26(30)31)12-23(13-18-8-10-20(11-9-18)19-6-4-3-5-7-19)28-25(29)21-14-22(27(32)33)16-24(15-21)34-2/h3-11,14-17,23H,12-13H2,1-2H3,(H,28,29)(H,30,31)(H,32,33)/t17-,23+/m1/s1. The summed E-state index contributed by atoms with van der Waals surface area (Å²) >= 11 is 0. The SMILES string of the molecule is COc1cc(C(=O)O)cc(C(=O)N[C@H](Cc2ccc(-c3ccccc3)cc2)C[C@@H](C)C(=O)O)c1. The lowest BCUT2D eigenvalue weighted by atomic mass is 9.94. The molecule has 34 heavy (non-hydrogen) atoms. The second-order valence-corrected chi connectivity index (χ2v) is 8.17. The van der Waals surface area contributed by atoms with E-state index in [2.05, 4.69) is 5.32 Å². The number of nitrogens with one attached hydrogen (secondary N) is 1. The molecule has 0 spiro atoms. The number of carboxylic acid groups (broad SMARTS) is 2. The van der Waals surface area contributed by atoms with Crippen molar-refractivity contribution in [3.63, 3.8) is 0 Å². The molecule has 3 rings (SSSR count). The summed E-state index contributed by atoms with van der Waals surface area (Å²) in [5.41, 5.74) is 3.15. The van der Waals surface area contributed by atoms with Crippen molar-refractivity contribution in [3.05, 3.63) is 89.5 Å². The monoisotopic (exact) mass is 461 g/mol. The lowest BCUT2D eigenvalue weighted by molar-refractivity contribution is -0.141. The van der Waals surface area contributed by atoms with Gasteiger partial charge in [-0.15, -0.1) is 0 Å². The summed E-state index contributed by atoms with van der Waals surface area (Å²) in [6.45, 7) is 1.59. The lowest BCUT2D eigenvalue weighted by Crippen LogP contribution is -2.38. The zero-order valence-electron chi connectivity index (χ0n) is 19.0. The third kappa shape index (κ3) is 6.45. The number of hydrogen-bond acceptors (Lipinski definition) is 4. The summed E-state index contributed by atoms with van der Waals surface area (Å²) in [7, 11) is 1.39. The zero-order chi connectivity index (χ0) is 24.7. The number of rotatable bonds is 10. The molecular formula is C27H27NO6. The van der Waals surface area contributed by atoms with Crippen LogP contribution in [0, 0.1) is 5.92 Å². The Hall–Kier alpha value is -4.13. The van der Waals surface area contributed by atoms with Crippen LogP contribution < -0.4 is 10.1 Å². The maximum Gasteiger partial charge on any atom is 0.335 e. The third-order valence-electron chi connectivity index (χ3n) is 5.59. The second kappa shape index (κ2) is 11.1. The molecule has 0 aliphatic rings. The molecule has 2 atom stereocenters. The molecule has 0 aliphatic carbocycles. The van der Waals surface area contributed by atoms with Gasteiger partial charge in [-0.05, 0) is 47.7 Å². The summed E-state index contributed by atoms with van der Waals surface area (Å²) in [5.74, 6) is -3.05. The topological polar surface area (TPSA) is 113 Å². The minimum Gasteiger partial charge on any atom is -0.497 e. The van der Waals surface area contributed by atoms with Crippen LogP contribution in [0.4, 0.5) is 0 Å². The fraction of sp³-hybridized carbons (Fsp3) is 0.222. The smallest absolute Gasteiger partial charge is 0.335 e. The largest absolute Gasteiger partial charge is 0.497 e. The van der Waals surface area contributed by atoms with Crippen molar-refractivity contribution in [1.82, 2.24) is 5.32 Å². The van der Waals surface area contributed by atoms with Gasteiger partial charge in [0.05, 0.1) is 18.6 Å². The first-order chi connectivity index (χ1) is 16.3. The Morgan fingerprint density at radius 2 is 1.50 bits per heavy atom. The number of benzene rings is 3. The summed E-state index contributed by atoms with van der Waals surface area (Å²) < 4.78 is 5.12. The first-order valence-corrected chi connectivity index (χ1v) is 10.9. The Kier molecular flexibility index (Phi) is 8.03. The first-order valence-electron chi connectivity index (χ1n) is 10.9. The number of aliphatic carboxylic acids is 1. The fourth-order valence-electron chi connectivity index (χ4n) is 3.71. The van der Waals surface area contributed by atoms with Crippen molar-refractivity contribution in [1.29, 1.82) is 0 Å². The fourth-order valence-corrected chi connectivity index (χ4v) is 3.71. The van der Waals surface area contributed by atoms with Gasteiger partial charge >= 0.3 is 11.9 Å². The van der Waals surface area contributed by atoms with Gasteiger partial charge in [0.1, 0.15) is 5.75 Å². The Bertz CT molecular complexity index is 1160. The van der Waals surface area contributed by atoms with Gasteiger partial charge in [-0.2, -0.15) is 0 Å². The molecule has 0 unspecified atom stereocenters. The number of aromatic carboxylic acids is 1. The minimum absolute atomic E-state index is 0.0727. The molecule has 7 nitrogen and oxygen atoms in total. The molecule has 0 radical (unpaired) electrons. The highest BCUT2D eigenvalue weighted by Crippen LogP contribution is 2.22. The van der Waals surface area contributed by atoms with E-state index in [0.717, 1.165) is 16.7 Å². The van der Waals surface area contributed by atoms with Gasteiger partial charge in [-0.3, -0.25) is 9.59 Å². The second-order valence-electron chi connectivity index (χ2n) is 8.17. The van der Waals surface area contributed by atoms with E-state index in [0.29, 0.717) is 6.42 Å². The highest BCUT2D eigenvalue weighted by Gasteiger charge is 2.22. The molecule has 3 N–H and O–H groups in total. The van der Waals surface area contributed by atoms with E-state index in [9.17, 15) is 24.6 Å². The van der Waals surface area contributed by atoms with Crippen molar-refractivity contribution in [2.45, 2.75) is 25.8 Å². The van der Waals surface area contributed by atoms with Crippen LogP contribution in [0.25, 0.3) is 11.1 Å². The Balaban J connectivity index is 1.81. The van der Waals surface area contributed by atoms with Crippen molar-refractivity contribution < 1.29 is 29.3 Å². The van der Waals surface area contributed by atoms with Gasteiger partial charge < -0.3 is 20.3 Å². The molecule has 3 aromatic rings. The average molecular weight is 462 g/mol. The molecule has 0 saturated heterocycles. The van der Waals surface area contributed by atoms with Gasteiger partial charge in [-0.25, -0.2) is 4.79 Å². The van der Waals surface area contributed by atoms with E-state index in [1.54, 1.807) is 6.92 Å². The highest BCUT2D eigenvalue weighted by molar-refractivity contribution is 5.98. The maximum atomic E-state index is 13.0. The van der Waals surface area contributed by atoms with Crippen LogP contribution in [0.5, 0.6) is 5.75 Å². The first kappa shape index (κ1) is 24.5. The van der Waals surface area contributed by atoms with Crippen molar-refractivity contribution in [3.8, 4) is 16.9 Å². The molecule has 3 aromatic carbocycles. The van der Waals surface area contributed by atoms with Crippen LogP contribution in [0.1, 0.15) is 39.6 Å². The predicted octanol–water partition coefficient (Wildman–Crippen LogP) is 4.51. The molecule has 0 heterocycles. The van der Waals surface area contributed by atoms with Gasteiger partial charge in [-0.1, -0.05) is 61.5 Å². The molecule has 0 aliphatic heterocycles. The molecule has 1 amide bonds. The Morgan fingerprint density at radius 3 is 2.09 bits per heavy atom. The van der Waals surface area contributed by atoms with Gasteiger partial charge in [0.2, 0.25) is 0 Å². The van der Waals surface area contributed by atoms with E-state index >= 15 is 0 Å². The zero-order valence-corrected chi connectivity index (χ0v) is 19.0. The van der Waals surface area contributed by atoms with Crippen LogP contribution in [0.3, 0.4) is 0 Å². The molecule has 0 saturated carbocycles. The van der Waals surface area contributed by atoms with E-state index in [4.69, 9.17) is 4.74 Å².